The molecular formula is C23H21N7O. The first-order chi connectivity index (χ1) is 15.1. The smallest absolute Gasteiger partial charge is 0.124 e. The van der Waals surface area contributed by atoms with Crippen LogP contribution in [0.1, 0.15) is 30.0 Å². The lowest BCUT2D eigenvalue weighted by molar-refractivity contribution is 0.116. The van der Waals surface area contributed by atoms with E-state index in [0.29, 0.717) is 29.3 Å². The summed E-state index contributed by atoms with van der Waals surface area (Å²) >= 11 is 0. The van der Waals surface area contributed by atoms with Crippen LogP contribution in [-0.2, 0) is 11.3 Å². The number of hydrogen-bond donors (Lipinski definition) is 1. The van der Waals surface area contributed by atoms with Gasteiger partial charge in [-0.3, -0.25) is 4.98 Å². The van der Waals surface area contributed by atoms with Gasteiger partial charge in [-0.25, -0.2) is 9.67 Å². The standard InChI is InChI=1S/C23H21N7O/c1-15(31-2)20-8-4-7-19(26-20)13-30-14-22(28-29-30)18-10-21(27-23(25)11-18)17-6-3-5-16(9-17)12-24/h3-11,14-15H,13H2,1-2H3,(H2,25,27). The van der Waals surface area contributed by atoms with Crippen molar-refractivity contribution < 1.29 is 4.74 Å². The van der Waals surface area contributed by atoms with E-state index in [1.165, 1.54) is 0 Å². The van der Waals surface area contributed by atoms with Gasteiger partial charge >= 0.3 is 0 Å². The molecule has 1 unspecified atom stereocenters. The molecule has 0 aliphatic rings. The van der Waals surface area contributed by atoms with Gasteiger partial charge in [-0.15, -0.1) is 5.10 Å². The number of nitrogen functional groups attached to an aromatic ring is 1. The molecule has 4 rings (SSSR count). The molecule has 3 aromatic heterocycles. The Labute approximate surface area is 180 Å². The van der Waals surface area contributed by atoms with Crippen molar-refractivity contribution in [2.45, 2.75) is 19.6 Å². The van der Waals surface area contributed by atoms with Crippen molar-refractivity contribution in [1.29, 1.82) is 5.26 Å². The zero-order valence-corrected chi connectivity index (χ0v) is 17.2. The normalized spacial score (nSPS) is 11.8. The van der Waals surface area contributed by atoms with Crippen molar-refractivity contribution in [2.24, 2.45) is 0 Å². The van der Waals surface area contributed by atoms with Crippen LogP contribution < -0.4 is 5.73 Å². The Morgan fingerprint density at radius 2 is 1.90 bits per heavy atom. The summed E-state index contributed by atoms with van der Waals surface area (Å²) in [6.07, 6.45) is 1.77. The van der Waals surface area contributed by atoms with E-state index in [9.17, 15) is 0 Å². The van der Waals surface area contributed by atoms with Gasteiger partial charge in [0.15, 0.2) is 0 Å². The van der Waals surface area contributed by atoms with Gasteiger partial charge in [0.05, 0.1) is 47.6 Å². The third kappa shape index (κ3) is 4.57. The van der Waals surface area contributed by atoms with Gasteiger partial charge in [0.25, 0.3) is 0 Å². The number of benzene rings is 1. The lowest BCUT2D eigenvalue weighted by Crippen LogP contribution is -2.06. The van der Waals surface area contributed by atoms with Gasteiger partial charge in [-0.05, 0) is 43.3 Å². The summed E-state index contributed by atoms with van der Waals surface area (Å²) in [5.74, 6) is 0.368. The molecule has 8 nitrogen and oxygen atoms in total. The quantitative estimate of drug-likeness (QED) is 0.515. The van der Waals surface area contributed by atoms with E-state index in [1.54, 1.807) is 30.0 Å². The number of nitrogens with zero attached hydrogens (tertiary/aromatic N) is 6. The lowest BCUT2D eigenvalue weighted by atomic mass is 10.1. The fraction of sp³-hybridized carbons (Fsp3) is 0.174. The first kappa shape index (κ1) is 20.2. The topological polar surface area (TPSA) is 116 Å². The van der Waals surface area contributed by atoms with Crippen LogP contribution in [0.15, 0.2) is 60.8 Å². The largest absolute Gasteiger partial charge is 0.384 e. The summed E-state index contributed by atoms with van der Waals surface area (Å²) in [6.45, 7) is 2.44. The van der Waals surface area contributed by atoms with E-state index < -0.39 is 0 Å². The molecular weight excluding hydrogens is 390 g/mol. The van der Waals surface area contributed by atoms with Gasteiger partial charge in [0, 0.05) is 18.2 Å². The van der Waals surface area contributed by atoms with Crippen LogP contribution in [0.2, 0.25) is 0 Å². The highest BCUT2D eigenvalue weighted by Crippen LogP contribution is 2.26. The van der Waals surface area contributed by atoms with Gasteiger partial charge < -0.3 is 10.5 Å². The second-order valence-corrected chi connectivity index (χ2v) is 7.09. The van der Waals surface area contributed by atoms with Crippen LogP contribution in [0.25, 0.3) is 22.5 Å². The molecule has 0 aliphatic carbocycles. The van der Waals surface area contributed by atoms with Crippen LogP contribution in [0.4, 0.5) is 5.82 Å². The number of aromatic nitrogens is 5. The molecule has 0 fully saturated rings. The number of methoxy groups -OCH3 is 1. The molecule has 31 heavy (non-hydrogen) atoms. The Morgan fingerprint density at radius 3 is 2.71 bits per heavy atom. The summed E-state index contributed by atoms with van der Waals surface area (Å²) in [6, 6.07) is 18.9. The van der Waals surface area contributed by atoms with Gasteiger partial charge in [-0.2, -0.15) is 5.26 Å². The number of ether oxygens (including phenoxy) is 1. The minimum atomic E-state index is -0.0796. The number of pyridine rings is 2. The minimum absolute atomic E-state index is 0.0796. The van der Waals surface area contributed by atoms with Crippen LogP contribution in [0.5, 0.6) is 0 Å². The zero-order chi connectivity index (χ0) is 21.8. The van der Waals surface area contributed by atoms with E-state index >= 15 is 0 Å². The molecule has 0 aliphatic heterocycles. The predicted octanol–water partition coefficient (Wildman–Crippen LogP) is 3.61. The van der Waals surface area contributed by atoms with Crippen molar-refractivity contribution in [3.8, 4) is 28.6 Å². The second kappa shape index (κ2) is 8.73. The second-order valence-electron chi connectivity index (χ2n) is 7.09. The number of nitrogens with two attached hydrogens (primary N) is 1. The molecule has 0 bridgehead atoms. The van der Waals surface area contributed by atoms with Gasteiger partial charge in [0.1, 0.15) is 11.5 Å². The number of anilines is 1. The summed E-state index contributed by atoms with van der Waals surface area (Å²) < 4.78 is 7.07. The van der Waals surface area contributed by atoms with Crippen LogP contribution >= 0.6 is 0 Å². The third-order valence-corrected chi connectivity index (χ3v) is 4.89. The highest BCUT2D eigenvalue weighted by molar-refractivity contribution is 5.71. The van der Waals surface area contributed by atoms with Crippen LogP contribution in [0, 0.1) is 11.3 Å². The molecule has 1 aromatic carbocycles. The maximum absolute atomic E-state index is 9.15. The van der Waals surface area contributed by atoms with E-state index in [-0.39, 0.29) is 6.10 Å². The molecule has 0 spiro atoms. The maximum Gasteiger partial charge on any atom is 0.124 e. The molecule has 2 N–H and O–H groups in total. The summed E-state index contributed by atoms with van der Waals surface area (Å²) in [7, 11) is 1.66. The maximum atomic E-state index is 9.15. The fourth-order valence-corrected chi connectivity index (χ4v) is 3.20. The molecule has 154 valence electrons. The van der Waals surface area contributed by atoms with E-state index in [0.717, 1.165) is 22.5 Å². The van der Waals surface area contributed by atoms with Crippen LogP contribution in [-0.4, -0.2) is 32.1 Å². The Kier molecular flexibility index (Phi) is 5.69. The van der Waals surface area contributed by atoms with E-state index in [1.807, 2.05) is 49.5 Å². The number of nitriles is 1. The molecule has 1 atom stereocenters. The summed E-state index contributed by atoms with van der Waals surface area (Å²) in [5, 5.41) is 17.7. The number of rotatable bonds is 6. The van der Waals surface area contributed by atoms with Gasteiger partial charge in [-0.1, -0.05) is 23.4 Å². The minimum Gasteiger partial charge on any atom is -0.384 e. The highest BCUT2D eigenvalue weighted by atomic mass is 16.5. The first-order valence-electron chi connectivity index (χ1n) is 9.73. The molecule has 3 heterocycles. The van der Waals surface area contributed by atoms with Crippen molar-refractivity contribution in [2.75, 3.05) is 12.8 Å². The molecule has 0 saturated heterocycles. The predicted molar refractivity (Wildman–Crippen MR) is 117 cm³/mol. The average molecular weight is 411 g/mol. The fourth-order valence-electron chi connectivity index (χ4n) is 3.20. The molecule has 4 aromatic rings. The van der Waals surface area contributed by atoms with Crippen molar-refractivity contribution in [3.05, 3.63) is 77.7 Å². The van der Waals surface area contributed by atoms with Crippen molar-refractivity contribution >= 4 is 5.82 Å². The molecule has 0 saturated carbocycles. The van der Waals surface area contributed by atoms with Crippen molar-refractivity contribution in [3.63, 3.8) is 0 Å². The first-order valence-corrected chi connectivity index (χ1v) is 9.73. The summed E-state index contributed by atoms with van der Waals surface area (Å²) in [5.41, 5.74) is 11.3. The Bertz CT molecular complexity index is 1260. The zero-order valence-electron chi connectivity index (χ0n) is 17.2. The SMILES string of the molecule is COC(C)c1cccc(Cn2cc(-c3cc(N)nc(-c4cccc(C#N)c4)c3)nn2)n1. The van der Waals surface area contributed by atoms with E-state index in [4.69, 9.17) is 15.7 Å². The average Bonchev–Trinajstić information content (AvgIpc) is 3.27. The van der Waals surface area contributed by atoms with Gasteiger partial charge in [0.2, 0.25) is 0 Å². The van der Waals surface area contributed by atoms with Crippen LogP contribution in [0.3, 0.4) is 0 Å². The monoisotopic (exact) mass is 411 g/mol. The third-order valence-electron chi connectivity index (χ3n) is 4.89. The molecule has 0 amide bonds. The molecule has 8 heteroatoms. The Balaban J connectivity index is 1.61. The van der Waals surface area contributed by atoms with E-state index in [2.05, 4.69) is 26.3 Å². The molecule has 0 radical (unpaired) electrons. The Morgan fingerprint density at radius 1 is 1.06 bits per heavy atom. The summed E-state index contributed by atoms with van der Waals surface area (Å²) in [4.78, 5) is 9.04. The highest BCUT2D eigenvalue weighted by Gasteiger charge is 2.11. The Hall–Kier alpha value is -4.09. The number of hydrogen-bond acceptors (Lipinski definition) is 7. The van der Waals surface area contributed by atoms with Crippen molar-refractivity contribution in [1.82, 2.24) is 25.0 Å². The lowest BCUT2D eigenvalue weighted by Gasteiger charge is -2.10.